The zero-order valence-corrected chi connectivity index (χ0v) is 16.1. The Morgan fingerprint density at radius 1 is 0.846 bits per heavy atom. The van der Waals surface area contributed by atoms with Crippen LogP contribution in [-0.2, 0) is 9.59 Å². The van der Waals surface area contributed by atoms with Crippen LogP contribution in [0.3, 0.4) is 0 Å². The molecular formula is C23H27NO2. The Morgan fingerprint density at radius 3 is 2.19 bits per heavy atom. The molecule has 1 saturated carbocycles. The molecule has 136 valence electrons. The molecule has 1 aromatic rings. The molecule has 0 bridgehead atoms. The van der Waals surface area contributed by atoms with Gasteiger partial charge in [0.25, 0.3) is 0 Å². The average molecular weight is 349 g/mol. The number of allylic oxidation sites excluding steroid dienone is 2. The van der Waals surface area contributed by atoms with Crippen LogP contribution in [0.1, 0.15) is 64.9 Å². The third-order valence-electron chi connectivity index (χ3n) is 6.00. The van der Waals surface area contributed by atoms with E-state index >= 15 is 0 Å². The van der Waals surface area contributed by atoms with E-state index in [1.54, 1.807) is 0 Å². The largest absolute Gasteiger partial charge is 0.299 e. The lowest BCUT2D eigenvalue weighted by molar-refractivity contribution is -0.124. The smallest absolute Gasteiger partial charge is 0.161 e. The zero-order valence-electron chi connectivity index (χ0n) is 16.1. The minimum atomic E-state index is -0.269. The molecule has 1 fully saturated rings. The number of rotatable bonds is 1. The van der Waals surface area contributed by atoms with Crippen LogP contribution in [0, 0.1) is 16.7 Å². The molecule has 4 rings (SSSR count). The Morgan fingerprint density at radius 2 is 1.50 bits per heavy atom. The molecule has 26 heavy (non-hydrogen) atoms. The van der Waals surface area contributed by atoms with Gasteiger partial charge >= 0.3 is 0 Å². The number of benzene rings is 1. The molecule has 1 unspecified atom stereocenters. The molecule has 1 aliphatic heterocycles. The number of ketones is 2. The number of carbonyl (C=O) groups is 2. The van der Waals surface area contributed by atoms with E-state index < -0.39 is 0 Å². The van der Waals surface area contributed by atoms with Crippen LogP contribution in [0.4, 0.5) is 0 Å². The molecule has 1 heterocycles. The van der Waals surface area contributed by atoms with Gasteiger partial charge in [0, 0.05) is 35.7 Å². The first kappa shape index (κ1) is 17.4. The summed E-state index contributed by atoms with van der Waals surface area (Å²) in [6.07, 6.45) is 2.73. The van der Waals surface area contributed by atoms with Crippen molar-refractivity contribution in [3.63, 3.8) is 0 Å². The maximum absolute atomic E-state index is 13.1. The standard InChI is InChI=1S/C23H27NO2/c1-22(2)10-15-20(17(25)12-22)19(14-8-6-5-7-9-14)21-16(24-15)11-23(3,4)13-18(21)26/h5-9,19-20H,10-13H2,1-4H3/t19-,20?/m1/s1. The highest BCUT2D eigenvalue weighted by molar-refractivity contribution is 6.13. The molecule has 1 aromatic carbocycles. The number of hydrogen-bond donors (Lipinski definition) is 0. The summed E-state index contributed by atoms with van der Waals surface area (Å²) in [5, 5.41) is 0. The summed E-state index contributed by atoms with van der Waals surface area (Å²) in [7, 11) is 0. The number of nitrogens with zero attached hydrogens (tertiary/aromatic N) is 1. The summed E-state index contributed by atoms with van der Waals surface area (Å²) in [5.41, 5.74) is 3.67. The van der Waals surface area contributed by atoms with E-state index in [0.717, 1.165) is 35.4 Å². The maximum atomic E-state index is 13.1. The van der Waals surface area contributed by atoms with E-state index in [0.29, 0.717) is 12.8 Å². The Balaban J connectivity index is 1.91. The summed E-state index contributed by atoms with van der Waals surface area (Å²) in [6.45, 7) is 8.55. The third kappa shape index (κ3) is 2.87. The fourth-order valence-electron chi connectivity index (χ4n) is 5.03. The van der Waals surface area contributed by atoms with Crippen LogP contribution in [0.25, 0.3) is 0 Å². The van der Waals surface area contributed by atoms with E-state index in [-0.39, 0.29) is 34.2 Å². The van der Waals surface area contributed by atoms with Gasteiger partial charge in [-0.3, -0.25) is 14.6 Å². The molecule has 0 amide bonds. The van der Waals surface area contributed by atoms with Crippen molar-refractivity contribution in [2.75, 3.05) is 0 Å². The van der Waals surface area contributed by atoms with Crippen molar-refractivity contribution < 1.29 is 9.59 Å². The van der Waals surface area contributed by atoms with Gasteiger partial charge in [0.15, 0.2) is 5.78 Å². The van der Waals surface area contributed by atoms with Crippen LogP contribution >= 0.6 is 0 Å². The fourth-order valence-corrected chi connectivity index (χ4v) is 5.03. The highest BCUT2D eigenvalue weighted by atomic mass is 16.1. The number of fused-ring (bicyclic) bond motifs is 1. The van der Waals surface area contributed by atoms with Crippen LogP contribution in [0.15, 0.2) is 46.6 Å². The first-order chi connectivity index (χ1) is 12.2. The minimum absolute atomic E-state index is 0.0556. The lowest BCUT2D eigenvalue weighted by atomic mass is 9.60. The van der Waals surface area contributed by atoms with E-state index in [9.17, 15) is 9.59 Å². The monoisotopic (exact) mass is 349 g/mol. The predicted molar refractivity (Wildman–Crippen MR) is 103 cm³/mol. The van der Waals surface area contributed by atoms with E-state index in [4.69, 9.17) is 4.99 Å². The van der Waals surface area contributed by atoms with Crippen molar-refractivity contribution in [3.05, 3.63) is 47.2 Å². The molecule has 0 aromatic heterocycles. The lowest BCUT2D eigenvalue weighted by Crippen LogP contribution is -2.45. The van der Waals surface area contributed by atoms with E-state index in [2.05, 4.69) is 39.8 Å². The van der Waals surface area contributed by atoms with Gasteiger partial charge in [0.05, 0.1) is 5.92 Å². The first-order valence-electron chi connectivity index (χ1n) is 9.58. The van der Waals surface area contributed by atoms with Crippen molar-refractivity contribution in [3.8, 4) is 0 Å². The summed E-state index contributed by atoms with van der Waals surface area (Å²) in [5.74, 6) is -0.0242. The molecular weight excluding hydrogens is 322 g/mol. The lowest BCUT2D eigenvalue weighted by Gasteiger charge is -2.44. The summed E-state index contributed by atoms with van der Waals surface area (Å²) in [6, 6.07) is 10.1. The Bertz CT molecular complexity index is 842. The number of carbonyl (C=O) groups excluding carboxylic acids is 2. The van der Waals surface area contributed by atoms with Crippen molar-refractivity contribution in [1.29, 1.82) is 0 Å². The van der Waals surface area contributed by atoms with Gasteiger partial charge in [-0.1, -0.05) is 58.0 Å². The molecule has 0 spiro atoms. The normalized spacial score (nSPS) is 29.8. The van der Waals surface area contributed by atoms with Gasteiger partial charge < -0.3 is 0 Å². The molecule has 3 aliphatic rings. The summed E-state index contributed by atoms with van der Waals surface area (Å²) < 4.78 is 0. The Hall–Kier alpha value is -2.03. The molecule has 2 aliphatic carbocycles. The fraction of sp³-hybridized carbons (Fsp3) is 0.522. The minimum Gasteiger partial charge on any atom is -0.299 e. The van der Waals surface area contributed by atoms with Crippen molar-refractivity contribution >= 4 is 17.3 Å². The van der Waals surface area contributed by atoms with Crippen LogP contribution < -0.4 is 0 Å². The first-order valence-corrected chi connectivity index (χ1v) is 9.58. The Labute approximate surface area is 155 Å². The van der Waals surface area contributed by atoms with Crippen molar-refractivity contribution in [1.82, 2.24) is 0 Å². The highest BCUT2D eigenvalue weighted by Crippen LogP contribution is 2.51. The Kier molecular flexibility index (Phi) is 3.83. The van der Waals surface area contributed by atoms with Gasteiger partial charge in [-0.05, 0) is 29.2 Å². The number of aliphatic imine (C=N–C) groups is 1. The van der Waals surface area contributed by atoms with Crippen LogP contribution in [0.5, 0.6) is 0 Å². The maximum Gasteiger partial charge on any atom is 0.161 e. The molecule has 3 nitrogen and oxygen atoms in total. The van der Waals surface area contributed by atoms with E-state index in [1.807, 2.05) is 18.2 Å². The highest BCUT2D eigenvalue weighted by Gasteiger charge is 2.49. The molecule has 3 heteroatoms. The number of hydrogen-bond acceptors (Lipinski definition) is 3. The van der Waals surface area contributed by atoms with Gasteiger partial charge in [-0.25, -0.2) is 0 Å². The molecule has 0 N–H and O–H groups in total. The SMILES string of the molecule is CC1(C)CC(=O)C2C(=NC3=C(C(=O)CC(C)(C)C3)[C@@H]2c2ccccc2)C1. The van der Waals surface area contributed by atoms with Gasteiger partial charge in [0.1, 0.15) is 5.78 Å². The number of Topliss-reactive ketones (excluding diaryl/α,β-unsaturated/α-hetero) is 2. The second-order valence-electron chi connectivity index (χ2n) is 9.75. The second kappa shape index (κ2) is 5.73. The summed E-state index contributed by atoms with van der Waals surface area (Å²) >= 11 is 0. The topological polar surface area (TPSA) is 46.5 Å². The molecule has 2 atom stereocenters. The van der Waals surface area contributed by atoms with Crippen molar-refractivity contribution in [2.45, 2.75) is 59.3 Å². The van der Waals surface area contributed by atoms with Crippen LogP contribution in [0.2, 0.25) is 0 Å². The molecule has 0 saturated heterocycles. The second-order valence-corrected chi connectivity index (χ2v) is 9.75. The van der Waals surface area contributed by atoms with E-state index in [1.165, 1.54) is 0 Å². The van der Waals surface area contributed by atoms with Gasteiger partial charge in [-0.15, -0.1) is 0 Å². The van der Waals surface area contributed by atoms with Gasteiger partial charge in [0.2, 0.25) is 0 Å². The zero-order chi connectivity index (χ0) is 18.7. The van der Waals surface area contributed by atoms with Crippen LogP contribution in [-0.4, -0.2) is 17.3 Å². The quantitative estimate of drug-likeness (QED) is 0.726. The molecule has 0 radical (unpaired) electrons. The van der Waals surface area contributed by atoms with Crippen molar-refractivity contribution in [2.24, 2.45) is 21.7 Å². The summed E-state index contributed by atoms with van der Waals surface area (Å²) in [4.78, 5) is 31.2. The van der Waals surface area contributed by atoms with Gasteiger partial charge in [-0.2, -0.15) is 0 Å². The average Bonchev–Trinajstić information content (AvgIpc) is 2.51. The third-order valence-corrected chi connectivity index (χ3v) is 6.00. The predicted octanol–water partition coefficient (Wildman–Crippen LogP) is 4.87.